The molecule has 16 heteroatoms. The zero-order valence-electron chi connectivity index (χ0n) is 30.2. The van der Waals surface area contributed by atoms with Crippen molar-refractivity contribution in [2.75, 3.05) is 19.7 Å². The van der Waals surface area contributed by atoms with Gasteiger partial charge in [0.2, 0.25) is 23.6 Å². The van der Waals surface area contributed by atoms with E-state index in [-0.39, 0.29) is 47.8 Å². The number of rotatable bonds is 13. The second-order valence-electron chi connectivity index (χ2n) is 14.4. The number of nitrogens with zero attached hydrogens (tertiary/aromatic N) is 6. The maximum atomic E-state index is 13.5. The third-order valence-corrected chi connectivity index (χ3v) is 10.9. The molecular formula is C36H47N9O6S. The highest BCUT2D eigenvalue weighted by molar-refractivity contribution is 7.19. The van der Waals surface area contributed by atoms with Crippen LogP contribution in [0.2, 0.25) is 0 Å². The number of aliphatic hydroxyl groups excluding tert-OH is 1. The fraction of sp³-hybridized carbons (Fsp3) is 0.528. The molecule has 15 nitrogen and oxygen atoms in total. The number of Topliss-reactive ketones (excluding diaryl/α,β-unsaturated/α-hetero) is 1. The van der Waals surface area contributed by atoms with Crippen LogP contribution in [0.3, 0.4) is 0 Å². The number of likely N-dealkylation sites (tertiary alicyclic amines) is 2. The van der Waals surface area contributed by atoms with Crippen LogP contribution in [-0.4, -0.2) is 106 Å². The summed E-state index contributed by atoms with van der Waals surface area (Å²) in [6.07, 6.45) is 12.5. The van der Waals surface area contributed by atoms with E-state index in [1.807, 2.05) is 67.5 Å². The number of carbonyl (C=O) groups excluding carboxylic acids is 5. The summed E-state index contributed by atoms with van der Waals surface area (Å²) in [4.78, 5) is 80.8. The summed E-state index contributed by atoms with van der Waals surface area (Å²) in [6, 6.07) is -0.212. The Morgan fingerprint density at radius 2 is 1.65 bits per heavy atom. The van der Waals surface area contributed by atoms with Gasteiger partial charge >= 0.3 is 0 Å². The van der Waals surface area contributed by atoms with Crippen LogP contribution in [0.5, 0.6) is 0 Å². The molecule has 2 saturated heterocycles. The molecule has 2 aliphatic heterocycles. The molecule has 0 radical (unpaired) electrons. The van der Waals surface area contributed by atoms with E-state index in [1.54, 1.807) is 16.0 Å². The Bertz CT molecular complexity index is 1930. The van der Waals surface area contributed by atoms with Crippen molar-refractivity contribution in [1.82, 2.24) is 44.4 Å². The summed E-state index contributed by atoms with van der Waals surface area (Å²) in [5.41, 5.74) is 2.36. The standard InChI is InChI=1S/C36H47N9O6S/c1-20(2)31(38-22(5)47)34(50)44-11-6-8-26(44)28(48)14-24-17-43-18-30(52-36(43)39-24)42-13-10-23(16-42)25-15-37-33(40-25)27-9-7-12-45(27)35(51)32(21(3)4)41-29(49)19-46/h10,13,15-18,20-21,26-27,31-32,46H,6-9,11-12,14,19H2,1-5H3,(H,37,40)(H,38,47)(H,41,49)/t26-,27?,31-,32-/m0/s1. The number of hydrogen-bond acceptors (Lipinski definition) is 9. The fourth-order valence-electron chi connectivity index (χ4n) is 7.18. The van der Waals surface area contributed by atoms with E-state index < -0.39 is 30.6 Å². The SMILES string of the molecule is CC(=O)N[C@H](C(=O)N1CCC[C@H]1C(=O)Cc1cn2cc(-n3ccc(-c4cnc(C5CCCN5C(=O)[C@@H](NC(=O)CO)C(C)C)[nH]4)c3)sc2n1)C(C)C. The Kier molecular flexibility index (Phi) is 11.0. The van der Waals surface area contributed by atoms with Crippen LogP contribution in [0, 0.1) is 11.8 Å². The van der Waals surface area contributed by atoms with Gasteiger partial charge in [0.25, 0.3) is 0 Å². The van der Waals surface area contributed by atoms with E-state index in [4.69, 9.17) is 4.98 Å². The third kappa shape index (κ3) is 7.67. The van der Waals surface area contributed by atoms with Gasteiger partial charge in [-0.1, -0.05) is 39.0 Å². The van der Waals surface area contributed by atoms with E-state index >= 15 is 0 Å². The molecule has 0 aromatic carbocycles. The lowest BCUT2D eigenvalue weighted by atomic mass is 10.0. The average Bonchev–Trinajstić information content (AvgIpc) is 3.94. The summed E-state index contributed by atoms with van der Waals surface area (Å²) < 4.78 is 3.89. The van der Waals surface area contributed by atoms with E-state index in [0.717, 1.165) is 40.5 Å². The first-order chi connectivity index (χ1) is 24.8. The first-order valence-corrected chi connectivity index (χ1v) is 18.7. The topological polar surface area (TPSA) is 187 Å². The molecule has 6 rings (SSSR count). The summed E-state index contributed by atoms with van der Waals surface area (Å²) in [5, 5.41) is 15.5. The molecule has 4 amide bonds. The van der Waals surface area contributed by atoms with Crippen LogP contribution >= 0.6 is 11.3 Å². The number of amides is 4. The number of aromatic nitrogens is 5. The monoisotopic (exact) mass is 733 g/mol. The van der Waals surface area contributed by atoms with Crippen LogP contribution in [0.15, 0.2) is 37.1 Å². The number of aromatic amines is 1. The van der Waals surface area contributed by atoms with Crippen LogP contribution in [0.4, 0.5) is 0 Å². The van der Waals surface area contributed by atoms with Gasteiger partial charge in [0.15, 0.2) is 10.7 Å². The molecule has 4 N–H and O–H groups in total. The molecule has 2 aliphatic rings. The molecule has 4 aromatic heterocycles. The molecule has 1 unspecified atom stereocenters. The molecule has 0 spiro atoms. The number of ketones is 1. The number of aliphatic hydroxyl groups is 1. The van der Waals surface area contributed by atoms with Crippen LogP contribution < -0.4 is 10.6 Å². The van der Waals surface area contributed by atoms with Crippen LogP contribution in [0.1, 0.15) is 77.9 Å². The quantitative estimate of drug-likeness (QED) is 0.162. The number of hydrogen-bond donors (Lipinski definition) is 4. The molecule has 6 heterocycles. The number of carbonyl (C=O) groups is 5. The lowest BCUT2D eigenvalue weighted by molar-refractivity contribution is -0.141. The van der Waals surface area contributed by atoms with Gasteiger partial charge in [-0.25, -0.2) is 9.97 Å². The van der Waals surface area contributed by atoms with Crippen molar-refractivity contribution < 1.29 is 29.1 Å². The second-order valence-corrected chi connectivity index (χ2v) is 15.4. The summed E-state index contributed by atoms with van der Waals surface area (Å²) in [5.74, 6) is -0.889. The smallest absolute Gasteiger partial charge is 0.246 e. The second kappa shape index (κ2) is 15.4. The first-order valence-electron chi connectivity index (χ1n) is 17.9. The van der Waals surface area contributed by atoms with Crippen molar-refractivity contribution in [2.45, 2.75) is 90.9 Å². The van der Waals surface area contributed by atoms with Gasteiger partial charge in [-0.3, -0.25) is 28.4 Å². The molecule has 0 aliphatic carbocycles. The number of fused-ring (bicyclic) bond motifs is 1. The minimum Gasteiger partial charge on any atom is -0.387 e. The first kappa shape index (κ1) is 36.9. The van der Waals surface area contributed by atoms with Gasteiger partial charge in [-0.05, 0) is 43.6 Å². The van der Waals surface area contributed by atoms with Crippen LogP contribution in [-0.2, 0) is 30.4 Å². The number of imidazole rings is 2. The summed E-state index contributed by atoms with van der Waals surface area (Å²) in [6.45, 7) is 9.25. The van der Waals surface area contributed by atoms with Gasteiger partial charge in [-0.15, -0.1) is 0 Å². The zero-order valence-corrected chi connectivity index (χ0v) is 31.0. The van der Waals surface area contributed by atoms with E-state index in [0.29, 0.717) is 31.0 Å². The Morgan fingerprint density at radius 1 is 0.962 bits per heavy atom. The molecular weight excluding hydrogens is 687 g/mol. The molecule has 52 heavy (non-hydrogen) atoms. The fourth-order valence-corrected chi connectivity index (χ4v) is 8.13. The predicted octanol–water partition coefficient (Wildman–Crippen LogP) is 2.64. The lowest BCUT2D eigenvalue weighted by Crippen LogP contribution is -2.53. The largest absolute Gasteiger partial charge is 0.387 e. The highest BCUT2D eigenvalue weighted by Crippen LogP contribution is 2.33. The predicted molar refractivity (Wildman–Crippen MR) is 193 cm³/mol. The maximum Gasteiger partial charge on any atom is 0.246 e. The zero-order chi connectivity index (χ0) is 37.3. The van der Waals surface area contributed by atoms with Crippen molar-refractivity contribution in [2.24, 2.45) is 11.8 Å². The Labute approximate surface area is 305 Å². The van der Waals surface area contributed by atoms with Crippen molar-refractivity contribution in [3.63, 3.8) is 0 Å². The Morgan fingerprint density at radius 3 is 2.35 bits per heavy atom. The van der Waals surface area contributed by atoms with Crippen LogP contribution in [0.25, 0.3) is 21.2 Å². The highest BCUT2D eigenvalue weighted by atomic mass is 32.1. The number of nitrogens with one attached hydrogen (secondary N) is 3. The van der Waals surface area contributed by atoms with Crippen molar-refractivity contribution in [3.8, 4) is 16.3 Å². The normalized spacial score (nSPS) is 18.8. The number of thiazole rings is 1. The van der Waals surface area contributed by atoms with Gasteiger partial charge in [0.05, 0.1) is 36.1 Å². The Hall–Kier alpha value is -4.83. The highest BCUT2D eigenvalue weighted by Gasteiger charge is 2.39. The summed E-state index contributed by atoms with van der Waals surface area (Å²) >= 11 is 1.48. The van der Waals surface area contributed by atoms with Crippen molar-refractivity contribution in [1.29, 1.82) is 0 Å². The molecule has 2 fully saturated rings. The number of H-pyrrole nitrogens is 1. The molecule has 0 saturated carbocycles. The summed E-state index contributed by atoms with van der Waals surface area (Å²) in [7, 11) is 0. The van der Waals surface area contributed by atoms with Gasteiger partial charge in [-0.2, -0.15) is 0 Å². The van der Waals surface area contributed by atoms with E-state index in [1.165, 1.54) is 18.3 Å². The molecule has 4 atom stereocenters. The molecule has 0 bridgehead atoms. The maximum absolute atomic E-state index is 13.5. The van der Waals surface area contributed by atoms with Crippen molar-refractivity contribution >= 4 is 45.7 Å². The van der Waals surface area contributed by atoms with E-state index in [9.17, 15) is 29.1 Å². The minimum absolute atomic E-state index is 0.0607. The van der Waals surface area contributed by atoms with E-state index in [2.05, 4.69) is 20.6 Å². The molecule has 278 valence electrons. The van der Waals surface area contributed by atoms with Gasteiger partial charge < -0.3 is 35.1 Å². The minimum atomic E-state index is -0.736. The third-order valence-electron chi connectivity index (χ3n) is 9.85. The Balaban J connectivity index is 1.11. The van der Waals surface area contributed by atoms with Crippen molar-refractivity contribution in [3.05, 3.63) is 48.6 Å². The van der Waals surface area contributed by atoms with Gasteiger partial charge in [0.1, 0.15) is 29.5 Å². The van der Waals surface area contributed by atoms with Gasteiger partial charge in [0, 0.05) is 50.4 Å². The molecule has 4 aromatic rings. The lowest BCUT2D eigenvalue weighted by Gasteiger charge is -2.30. The average molecular weight is 734 g/mol.